The van der Waals surface area contributed by atoms with Crippen LogP contribution in [0.3, 0.4) is 0 Å². The highest BCUT2D eigenvalue weighted by Gasteiger charge is 2.32. The number of carbonyl (C=O) groups is 1. The monoisotopic (exact) mass is 272 g/mol. The average molecular weight is 272 g/mol. The van der Waals surface area contributed by atoms with Crippen molar-refractivity contribution in [3.63, 3.8) is 0 Å². The third-order valence-electron chi connectivity index (χ3n) is 3.63. The lowest BCUT2D eigenvalue weighted by Gasteiger charge is -2.24. The molecule has 1 N–H and O–H groups in total. The molecule has 2 rings (SSSR count). The van der Waals surface area contributed by atoms with Crippen LogP contribution in [0.15, 0.2) is 36.8 Å². The lowest BCUT2D eigenvalue weighted by atomic mass is 9.81. The maximum atomic E-state index is 11.5. The molecule has 106 valence electrons. The minimum Gasteiger partial charge on any atom is -0.481 e. The molecule has 1 heterocycles. The standard InChI is InChI=1S/C16H20N2O2/c1-11(2)18-10-17-9-14(18)12-7-5-6-8-13(12)16(3,4)15(19)20/h5-11H,1-4H3,(H,19,20). The van der Waals surface area contributed by atoms with Gasteiger partial charge in [0.2, 0.25) is 0 Å². The summed E-state index contributed by atoms with van der Waals surface area (Å²) in [5.74, 6) is -0.833. The van der Waals surface area contributed by atoms with Crippen molar-refractivity contribution in [2.24, 2.45) is 0 Å². The summed E-state index contributed by atoms with van der Waals surface area (Å²) >= 11 is 0. The Morgan fingerprint density at radius 3 is 2.55 bits per heavy atom. The van der Waals surface area contributed by atoms with E-state index in [-0.39, 0.29) is 6.04 Å². The zero-order valence-corrected chi connectivity index (χ0v) is 12.3. The zero-order chi connectivity index (χ0) is 14.9. The molecule has 0 bridgehead atoms. The van der Waals surface area contributed by atoms with Crippen LogP contribution in [0.25, 0.3) is 11.3 Å². The maximum absolute atomic E-state index is 11.5. The summed E-state index contributed by atoms with van der Waals surface area (Å²) in [4.78, 5) is 15.7. The van der Waals surface area contributed by atoms with Gasteiger partial charge in [0.15, 0.2) is 0 Å². The number of hydrogen-bond donors (Lipinski definition) is 1. The van der Waals surface area contributed by atoms with E-state index in [1.165, 1.54) is 0 Å². The molecule has 0 spiro atoms. The first-order valence-corrected chi connectivity index (χ1v) is 6.70. The Labute approximate surface area is 119 Å². The lowest BCUT2D eigenvalue weighted by molar-refractivity contribution is -0.142. The van der Waals surface area contributed by atoms with Gasteiger partial charge in [0.1, 0.15) is 0 Å². The Morgan fingerprint density at radius 2 is 1.95 bits per heavy atom. The second-order valence-electron chi connectivity index (χ2n) is 5.76. The second-order valence-corrected chi connectivity index (χ2v) is 5.76. The molecule has 4 nitrogen and oxygen atoms in total. The van der Waals surface area contributed by atoms with Gasteiger partial charge in [-0.15, -0.1) is 0 Å². The molecule has 0 aliphatic heterocycles. The fraction of sp³-hybridized carbons (Fsp3) is 0.375. The number of benzene rings is 1. The number of carboxylic acid groups (broad SMARTS) is 1. The molecule has 1 aromatic heterocycles. The molecule has 0 atom stereocenters. The first-order chi connectivity index (χ1) is 9.35. The first kappa shape index (κ1) is 14.3. The first-order valence-electron chi connectivity index (χ1n) is 6.70. The predicted molar refractivity (Wildman–Crippen MR) is 78.7 cm³/mol. The summed E-state index contributed by atoms with van der Waals surface area (Å²) in [5.41, 5.74) is 1.73. The normalized spacial score (nSPS) is 11.8. The Morgan fingerprint density at radius 1 is 1.30 bits per heavy atom. The summed E-state index contributed by atoms with van der Waals surface area (Å²) in [6.45, 7) is 7.61. The van der Waals surface area contributed by atoms with E-state index in [4.69, 9.17) is 0 Å². The summed E-state index contributed by atoms with van der Waals surface area (Å²) in [5, 5.41) is 9.47. The number of aliphatic carboxylic acids is 1. The van der Waals surface area contributed by atoms with Crippen LogP contribution >= 0.6 is 0 Å². The Kier molecular flexibility index (Phi) is 3.66. The van der Waals surface area contributed by atoms with E-state index in [2.05, 4.69) is 23.4 Å². The van der Waals surface area contributed by atoms with Crippen LogP contribution in [0.1, 0.15) is 39.3 Å². The summed E-state index contributed by atoms with van der Waals surface area (Å²) < 4.78 is 2.05. The highest BCUT2D eigenvalue weighted by Crippen LogP contribution is 2.34. The smallest absolute Gasteiger partial charge is 0.313 e. The Balaban J connectivity index is 2.65. The number of aromatic nitrogens is 2. The van der Waals surface area contributed by atoms with E-state index in [0.717, 1.165) is 16.8 Å². The number of carboxylic acids is 1. The van der Waals surface area contributed by atoms with Crippen LogP contribution < -0.4 is 0 Å². The SMILES string of the molecule is CC(C)n1cncc1-c1ccccc1C(C)(C)C(=O)O. The van der Waals surface area contributed by atoms with Gasteiger partial charge in [-0.2, -0.15) is 0 Å². The molecule has 0 radical (unpaired) electrons. The number of imidazole rings is 1. The Hall–Kier alpha value is -2.10. The summed E-state index contributed by atoms with van der Waals surface area (Å²) in [6.07, 6.45) is 3.57. The van der Waals surface area contributed by atoms with Gasteiger partial charge in [-0.05, 0) is 33.3 Å². The molecular weight excluding hydrogens is 252 g/mol. The van der Waals surface area contributed by atoms with Crippen LogP contribution in [0.4, 0.5) is 0 Å². The lowest BCUT2D eigenvalue weighted by Crippen LogP contribution is -2.29. The van der Waals surface area contributed by atoms with Crippen molar-refractivity contribution in [2.75, 3.05) is 0 Å². The van der Waals surface area contributed by atoms with Gasteiger partial charge in [0.05, 0.1) is 23.6 Å². The van der Waals surface area contributed by atoms with E-state index in [0.29, 0.717) is 0 Å². The minimum absolute atomic E-state index is 0.272. The highest BCUT2D eigenvalue weighted by molar-refractivity contribution is 5.84. The molecule has 0 amide bonds. The largest absolute Gasteiger partial charge is 0.481 e. The molecule has 0 fully saturated rings. The van der Waals surface area contributed by atoms with Crippen LogP contribution in [0.5, 0.6) is 0 Å². The van der Waals surface area contributed by atoms with Crippen LogP contribution in [0, 0.1) is 0 Å². The average Bonchev–Trinajstić information content (AvgIpc) is 2.87. The molecule has 4 heteroatoms. The molecule has 20 heavy (non-hydrogen) atoms. The van der Waals surface area contributed by atoms with Crippen LogP contribution in [-0.4, -0.2) is 20.6 Å². The van der Waals surface area contributed by atoms with Crippen LogP contribution in [0.2, 0.25) is 0 Å². The molecule has 0 saturated heterocycles. The van der Waals surface area contributed by atoms with Gasteiger partial charge >= 0.3 is 5.97 Å². The van der Waals surface area contributed by atoms with Gasteiger partial charge in [-0.25, -0.2) is 4.98 Å². The van der Waals surface area contributed by atoms with Gasteiger partial charge in [-0.1, -0.05) is 24.3 Å². The van der Waals surface area contributed by atoms with Crippen molar-refractivity contribution < 1.29 is 9.90 Å². The number of rotatable bonds is 4. The van der Waals surface area contributed by atoms with E-state index in [1.807, 2.05) is 24.3 Å². The van der Waals surface area contributed by atoms with Crippen molar-refractivity contribution in [3.8, 4) is 11.3 Å². The van der Waals surface area contributed by atoms with Gasteiger partial charge in [-0.3, -0.25) is 4.79 Å². The molecule has 1 aromatic carbocycles. The van der Waals surface area contributed by atoms with Crippen molar-refractivity contribution in [1.29, 1.82) is 0 Å². The third kappa shape index (κ3) is 2.33. The van der Waals surface area contributed by atoms with E-state index >= 15 is 0 Å². The predicted octanol–water partition coefficient (Wildman–Crippen LogP) is 3.49. The van der Waals surface area contributed by atoms with Crippen molar-refractivity contribution in [1.82, 2.24) is 9.55 Å². The second kappa shape index (κ2) is 5.12. The van der Waals surface area contributed by atoms with Crippen molar-refractivity contribution in [3.05, 3.63) is 42.4 Å². The maximum Gasteiger partial charge on any atom is 0.313 e. The van der Waals surface area contributed by atoms with E-state index in [1.54, 1.807) is 26.4 Å². The topological polar surface area (TPSA) is 55.1 Å². The van der Waals surface area contributed by atoms with Crippen molar-refractivity contribution in [2.45, 2.75) is 39.2 Å². The number of nitrogens with zero attached hydrogens (tertiary/aromatic N) is 2. The molecule has 0 unspecified atom stereocenters. The molecule has 0 aliphatic rings. The van der Waals surface area contributed by atoms with E-state index in [9.17, 15) is 9.90 Å². The minimum atomic E-state index is -0.942. The van der Waals surface area contributed by atoms with Gasteiger partial charge in [0, 0.05) is 11.6 Å². The zero-order valence-electron chi connectivity index (χ0n) is 12.3. The quantitative estimate of drug-likeness (QED) is 0.926. The Bertz CT molecular complexity index is 627. The molecule has 0 aliphatic carbocycles. The van der Waals surface area contributed by atoms with Crippen molar-refractivity contribution >= 4 is 5.97 Å². The summed E-state index contributed by atoms with van der Waals surface area (Å²) in [7, 11) is 0. The summed E-state index contributed by atoms with van der Waals surface area (Å²) in [6, 6.07) is 7.90. The van der Waals surface area contributed by atoms with Crippen LogP contribution in [-0.2, 0) is 10.2 Å². The highest BCUT2D eigenvalue weighted by atomic mass is 16.4. The number of hydrogen-bond acceptors (Lipinski definition) is 2. The van der Waals surface area contributed by atoms with Gasteiger partial charge < -0.3 is 9.67 Å². The molecular formula is C16H20N2O2. The third-order valence-corrected chi connectivity index (χ3v) is 3.63. The fourth-order valence-corrected chi connectivity index (χ4v) is 2.29. The van der Waals surface area contributed by atoms with Gasteiger partial charge in [0.25, 0.3) is 0 Å². The molecule has 0 saturated carbocycles. The van der Waals surface area contributed by atoms with E-state index < -0.39 is 11.4 Å². The fourth-order valence-electron chi connectivity index (χ4n) is 2.29. The molecule has 2 aromatic rings.